The van der Waals surface area contributed by atoms with Gasteiger partial charge in [-0.25, -0.2) is 14.1 Å². The van der Waals surface area contributed by atoms with Crippen LogP contribution in [0.5, 0.6) is 0 Å². The van der Waals surface area contributed by atoms with Crippen LogP contribution in [0.1, 0.15) is 35.8 Å². The van der Waals surface area contributed by atoms with E-state index in [4.69, 9.17) is 4.98 Å². The van der Waals surface area contributed by atoms with Crippen LogP contribution in [-0.4, -0.2) is 20.7 Å². The third kappa shape index (κ3) is 3.29. The van der Waals surface area contributed by atoms with E-state index in [1.165, 1.54) is 12.1 Å². The van der Waals surface area contributed by atoms with E-state index < -0.39 is 5.82 Å². The highest BCUT2D eigenvalue weighted by molar-refractivity contribution is 7.13. The Labute approximate surface area is 165 Å². The molecule has 0 radical (unpaired) electrons. The number of hydrogen-bond acceptors (Lipinski definition) is 4. The van der Waals surface area contributed by atoms with E-state index in [9.17, 15) is 9.18 Å². The first-order valence-corrected chi connectivity index (χ1v) is 9.81. The maximum Gasteiger partial charge on any atom is 0.256 e. The first-order chi connectivity index (χ1) is 13.4. The number of fused-ring (bicyclic) bond motifs is 1. The molecule has 28 heavy (non-hydrogen) atoms. The number of benzene rings is 1. The zero-order valence-electron chi connectivity index (χ0n) is 15.7. The average molecular weight is 394 g/mol. The monoisotopic (exact) mass is 394 g/mol. The standard InChI is InChI=1S/C21H19FN4OS/c1-12(2)26-20-16(11-23-26)15(10-18(24-20)19-5-4-8-28-19)21(27)25-17-9-14(22)7-6-13(17)3/h4-12H,1-3H3,(H,25,27). The number of hydrogen-bond donors (Lipinski definition) is 1. The van der Waals surface area contributed by atoms with Crippen LogP contribution in [0.3, 0.4) is 0 Å². The first-order valence-electron chi connectivity index (χ1n) is 8.93. The maximum absolute atomic E-state index is 13.6. The highest BCUT2D eigenvalue weighted by Gasteiger charge is 2.19. The van der Waals surface area contributed by atoms with Gasteiger partial charge < -0.3 is 5.32 Å². The van der Waals surface area contributed by atoms with E-state index in [-0.39, 0.29) is 11.9 Å². The summed E-state index contributed by atoms with van der Waals surface area (Å²) < 4.78 is 15.4. The summed E-state index contributed by atoms with van der Waals surface area (Å²) >= 11 is 1.56. The molecule has 0 fully saturated rings. The molecule has 3 aromatic heterocycles. The Morgan fingerprint density at radius 2 is 2.07 bits per heavy atom. The molecule has 0 aliphatic heterocycles. The van der Waals surface area contributed by atoms with Crippen molar-refractivity contribution < 1.29 is 9.18 Å². The van der Waals surface area contributed by atoms with Gasteiger partial charge in [0.15, 0.2) is 5.65 Å². The fourth-order valence-corrected chi connectivity index (χ4v) is 3.74. The van der Waals surface area contributed by atoms with Gasteiger partial charge in [-0.15, -0.1) is 11.3 Å². The molecule has 1 N–H and O–H groups in total. The van der Waals surface area contributed by atoms with Crippen LogP contribution in [-0.2, 0) is 0 Å². The van der Waals surface area contributed by atoms with Crippen LogP contribution in [0.25, 0.3) is 21.6 Å². The van der Waals surface area contributed by atoms with Gasteiger partial charge in [0.05, 0.1) is 27.7 Å². The third-order valence-corrected chi connectivity index (χ3v) is 5.41. The number of thiophene rings is 1. The Balaban J connectivity index is 1.85. The lowest BCUT2D eigenvalue weighted by molar-refractivity contribution is 0.102. The number of nitrogens with one attached hydrogen (secondary N) is 1. The Morgan fingerprint density at radius 1 is 1.25 bits per heavy atom. The van der Waals surface area contributed by atoms with Crippen molar-refractivity contribution in [3.05, 3.63) is 64.9 Å². The summed E-state index contributed by atoms with van der Waals surface area (Å²) in [4.78, 5) is 18.8. The summed E-state index contributed by atoms with van der Waals surface area (Å²) in [5, 5.41) is 9.88. The second-order valence-electron chi connectivity index (χ2n) is 6.87. The number of halogens is 1. The minimum atomic E-state index is -0.396. The van der Waals surface area contributed by atoms with Crippen LogP contribution in [0.15, 0.2) is 48.0 Å². The summed E-state index contributed by atoms with van der Waals surface area (Å²) in [6.07, 6.45) is 1.66. The summed E-state index contributed by atoms with van der Waals surface area (Å²) in [6.45, 7) is 5.86. The second kappa shape index (κ2) is 7.16. The Hall–Kier alpha value is -3.06. The van der Waals surface area contributed by atoms with E-state index in [1.807, 2.05) is 38.3 Å². The van der Waals surface area contributed by atoms with Crippen LogP contribution in [0.2, 0.25) is 0 Å². The van der Waals surface area contributed by atoms with E-state index in [2.05, 4.69) is 10.4 Å². The molecule has 0 aliphatic carbocycles. The van der Waals surface area contributed by atoms with Gasteiger partial charge in [0.25, 0.3) is 5.91 Å². The maximum atomic E-state index is 13.6. The molecule has 0 saturated heterocycles. The number of aryl methyl sites for hydroxylation is 1. The SMILES string of the molecule is Cc1ccc(F)cc1NC(=O)c1cc(-c2cccs2)nc2c1cnn2C(C)C. The van der Waals surface area contributed by atoms with E-state index in [0.29, 0.717) is 28.0 Å². The molecule has 0 spiro atoms. The summed E-state index contributed by atoms with van der Waals surface area (Å²) in [7, 11) is 0. The minimum Gasteiger partial charge on any atom is -0.322 e. The molecule has 5 nitrogen and oxygen atoms in total. The number of rotatable bonds is 4. The quantitative estimate of drug-likeness (QED) is 0.501. The Morgan fingerprint density at radius 3 is 2.79 bits per heavy atom. The van der Waals surface area contributed by atoms with Gasteiger partial charge in [0.1, 0.15) is 5.82 Å². The third-order valence-electron chi connectivity index (χ3n) is 4.52. The van der Waals surface area contributed by atoms with Crippen molar-refractivity contribution in [1.29, 1.82) is 0 Å². The molecule has 7 heteroatoms. The van der Waals surface area contributed by atoms with E-state index in [1.54, 1.807) is 34.3 Å². The van der Waals surface area contributed by atoms with Gasteiger partial charge in [-0.1, -0.05) is 12.1 Å². The van der Waals surface area contributed by atoms with Crippen molar-refractivity contribution in [3.8, 4) is 10.6 Å². The number of carbonyl (C=O) groups is 1. The highest BCUT2D eigenvalue weighted by Crippen LogP contribution is 2.29. The highest BCUT2D eigenvalue weighted by atomic mass is 32.1. The molecule has 142 valence electrons. The van der Waals surface area contributed by atoms with Gasteiger partial charge in [-0.2, -0.15) is 5.10 Å². The Bertz CT molecular complexity index is 1160. The van der Waals surface area contributed by atoms with Crippen molar-refractivity contribution >= 4 is 34.0 Å². The zero-order chi connectivity index (χ0) is 19.8. The van der Waals surface area contributed by atoms with Crippen molar-refractivity contribution in [1.82, 2.24) is 14.8 Å². The molecule has 0 atom stereocenters. The first kappa shape index (κ1) is 18.3. The summed E-state index contributed by atoms with van der Waals surface area (Å²) in [5.74, 6) is -0.713. The number of amides is 1. The molecule has 0 bridgehead atoms. The van der Waals surface area contributed by atoms with Crippen LogP contribution in [0.4, 0.5) is 10.1 Å². The predicted molar refractivity (Wildman–Crippen MR) is 110 cm³/mol. The lowest BCUT2D eigenvalue weighted by atomic mass is 10.1. The fourth-order valence-electron chi connectivity index (χ4n) is 3.05. The second-order valence-corrected chi connectivity index (χ2v) is 7.81. The number of carbonyl (C=O) groups excluding carboxylic acids is 1. The molecule has 4 aromatic rings. The molecular weight excluding hydrogens is 375 g/mol. The number of aromatic nitrogens is 3. The van der Waals surface area contributed by atoms with Gasteiger partial charge >= 0.3 is 0 Å². The van der Waals surface area contributed by atoms with Crippen LogP contribution >= 0.6 is 11.3 Å². The molecule has 4 rings (SSSR count). The number of pyridine rings is 1. The van der Waals surface area contributed by atoms with Crippen molar-refractivity contribution in [2.24, 2.45) is 0 Å². The van der Waals surface area contributed by atoms with Crippen molar-refractivity contribution in [2.75, 3.05) is 5.32 Å². The lowest BCUT2D eigenvalue weighted by Crippen LogP contribution is -2.14. The normalized spacial score (nSPS) is 11.3. The summed E-state index contributed by atoms with van der Waals surface area (Å²) in [6, 6.07) is 10.1. The molecule has 1 aromatic carbocycles. The predicted octanol–water partition coefficient (Wildman–Crippen LogP) is 5.44. The van der Waals surface area contributed by atoms with Gasteiger partial charge in [0.2, 0.25) is 0 Å². The average Bonchev–Trinajstić information content (AvgIpc) is 3.33. The van der Waals surface area contributed by atoms with Gasteiger partial charge in [0, 0.05) is 11.7 Å². The Kier molecular flexibility index (Phi) is 4.68. The number of anilines is 1. The lowest BCUT2D eigenvalue weighted by Gasteiger charge is -2.11. The van der Waals surface area contributed by atoms with Crippen LogP contribution < -0.4 is 5.32 Å². The van der Waals surface area contributed by atoms with Crippen molar-refractivity contribution in [2.45, 2.75) is 26.8 Å². The summed E-state index contributed by atoms with van der Waals surface area (Å²) in [5.41, 5.74) is 3.07. The largest absolute Gasteiger partial charge is 0.322 e. The van der Waals surface area contributed by atoms with Gasteiger partial charge in [-0.05, 0) is 56.0 Å². The molecule has 0 unspecified atom stereocenters. The number of nitrogens with zero attached hydrogens (tertiary/aromatic N) is 3. The van der Waals surface area contributed by atoms with Gasteiger partial charge in [-0.3, -0.25) is 4.79 Å². The molecule has 1 amide bonds. The smallest absolute Gasteiger partial charge is 0.256 e. The van der Waals surface area contributed by atoms with Crippen molar-refractivity contribution in [3.63, 3.8) is 0 Å². The molecule has 3 heterocycles. The molecule has 0 aliphatic rings. The minimum absolute atomic E-state index is 0.102. The zero-order valence-corrected chi connectivity index (χ0v) is 16.5. The topological polar surface area (TPSA) is 59.8 Å². The van der Waals surface area contributed by atoms with Crippen LogP contribution in [0, 0.1) is 12.7 Å². The fraction of sp³-hybridized carbons (Fsp3) is 0.190. The van der Waals surface area contributed by atoms with E-state index >= 15 is 0 Å². The molecule has 0 saturated carbocycles. The van der Waals surface area contributed by atoms with E-state index in [0.717, 1.165) is 10.4 Å². The molecular formula is C21H19FN4OS.